The molecule has 2 aromatic carbocycles. The largest absolute Gasteiger partial charge is 0.366 e. The molecule has 2 heterocycles. The van der Waals surface area contributed by atoms with Gasteiger partial charge in [0.25, 0.3) is 0 Å². The molecule has 0 saturated carbocycles. The molecule has 118 valence electrons. The van der Waals surface area contributed by atoms with E-state index in [1.54, 1.807) is 0 Å². The standard InChI is InChI=1S/C16H14N4O.ClH.Cr/c1-2-6-12-11(5-1)17-15(18-12)9-21-10-16-19-13-7-3-4-8-14(13)20-16;;/h1-8H,9-10H2,(H,17,18)(H,19,20);1H;. The molecule has 0 radical (unpaired) electrons. The minimum Gasteiger partial charge on any atom is -0.366 e. The summed E-state index contributed by atoms with van der Waals surface area (Å²) in [6.45, 7) is 0.872. The molecule has 0 saturated heterocycles. The van der Waals surface area contributed by atoms with Gasteiger partial charge in [0, 0.05) is 17.4 Å². The van der Waals surface area contributed by atoms with Gasteiger partial charge >= 0.3 is 0 Å². The third-order valence-electron chi connectivity index (χ3n) is 3.35. The normalized spacial score (nSPS) is 10.4. The third kappa shape index (κ3) is 3.74. The molecule has 4 aromatic rings. The number of hydrogen-bond donors (Lipinski definition) is 2. The van der Waals surface area contributed by atoms with Gasteiger partial charge < -0.3 is 14.7 Å². The molecule has 2 N–H and O–H groups in total. The summed E-state index contributed by atoms with van der Waals surface area (Å²) in [5.74, 6) is 1.65. The van der Waals surface area contributed by atoms with Crippen LogP contribution in [0.15, 0.2) is 48.5 Å². The fraction of sp³-hybridized carbons (Fsp3) is 0.125. The minimum absolute atomic E-state index is 0. The molecule has 0 aliphatic carbocycles. The summed E-state index contributed by atoms with van der Waals surface area (Å²) >= 11 is 0. The van der Waals surface area contributed by atoms with Crippen LogP contribution in [0.4, 0.5) is 0 Å². The second kappa shape index (κ2) is 7.62. The Morgan fingerprint density at radius 1 is 0.739 bits per heavy atom. The summed E-state index contributed by atoms with van der Waals surface area (Å²) in [5.41, 5.74) is 3.97. The van der Waals surface area contributed by atoms with Crippen LogP contribution in [0, 0.1) is 0 Å². The molecule has 0 amide bonds. The molecule has 0 bridgehead atoms. The van der Waals surface area contributed by atoms with Crippen LogP contribution in [0.1, 0.15) is 11.6 Å². The van der Waals surface area contributed by atoms with E-state index in [1.807, 2.05) is 48.5 Å². The fourth-order valence-electron chi connectivity index (χ4n) is 2.39. The number of hydrogen-bond acceptors (Lipinski definition) is 3. The number of halogens is 1. The molecule has 0 atom stereocenters. The van der Waals surface area contributed by atoms with Crippen molar-refractivity contribution in [3.63, 3.8) is 0 Å². The van der Waals surface area contributed by atoms with Crippen molar-refractivity contribution in [3.8, 4) is 0 Å². The monoisotopic (exact) mass is 366 g/mol. The maximum absolute atomic E-state index is 5.68. The zero-order chi connectivity index (χ0) is 14.1. The van der Waals surface area contributed by atoms with Gasteiger partial charge in [0.15, 0.2) is 0 Å². The number of aromatic amines is 2. The van der Waals surface area contributed by atoms with E-state index in [4.69, 9.17) is 4.74 Å². The Bertz CT molecular complexity index is 765. The Morgan fingerprint density at radius 2 is 1.17 bits per heavy atom. The van der Waals surface area contributed by atoms with Gasteiger partial charge in [0.2, 0.25) is 0 Å². The topological polar surface area (TPSA) is 66.6 Å². The average Bonchev–Trinajstić information content (AvgIpc) is 3.09. The van der Waals surface area contributed by atoms with E-state index in [2.05, 4.69) is 19.9 Å². The van der Waals surface area contributed by atoms with Crippen molar-refractivity contribution < 1.29 is 22.1 Å². The first kappa shape index (κ1) is 17.5. The molecule has 0 aliphatic heterocycles. The van der Waals surface area contributed by atoms with Gasteiger partial charge in [-0.15, -0.1) is 12.4 Å². The van der Waals surface area contributed by atoms with Crippen LogP contribution in [0.3, 0.4) is 0 Å². The van der Waals surface area contributed by atoms with E-state index in [9.17, 15) is 0 Å². The molecule has 0 aliphatic rings. The number of ether oxygens (including phenoxy) is 1. The molecular weight excluding hydrogens is 352 g/mol. The predicted octanol–water partition coefficient (Wildman–Crippen LogP) is 3.58. The third-order valence-corrected chi connectivity index (χ3v) is 3.35. The Labute approximate surface area is 150 Å². The summed E-state index contributed by atoms with van der Waals surface area (Å²) in [7, 11) is 0. The second-order valence-corrected chi connectivity index (χ2v) is 4.89. The number of rotatable bonds is 4. The summed E-state index contributed by atoms with van der Waals surface area (Å²) in [6.07, 6.45) is 0. The Balaban J connectivity index is 0.000000960. The number of aromatic nitrogens is 4. The number of nitrogens with zero attached hydrogens (tertiary/aromatic N) is 2. The molecule has 0 unspecified atom stereocenters. The number of fused-ring (bicyclic) bond motifs is 2. The number of H-pyrrole nitrogens is 2. The Kier molecular flexibility index (Phi) is 5.81. The quantitative estimate of drug-likeness (QED) is 0.580. The first-order valence-corrected chi connectivity index (χ1v) is 6.83. The SMILES string of the molecule is Cl.[Cr].c1ccc2[nH]c(COCc3nc4ccccc4[nH]3)nc2c1. The summed E-state index contributed by atoms with van der Waals surface area (Å²) in [6, 6.07) is 15.9. The van der Waals surface area contributed by atoms with E-state index < -0.39 is 0 Å². The van der Waals surface area contributed by atoms with Gasteiger partial charge in [-0.3, -0.25) is 0 Å². The minimum atomic E-state index is 0. The van der Waals surface area contributed by atoms with Crippen LogP contribution in [0.5, 0.6) is 0 Å². The van der Waals surface area contributed by atoms with Crippen molar-refractivity contribution >= 4 is 34.5 Å². The summed E-state index contributed by atoms with van der Waals surface area (Å²) in [5, 5.41) is 0. The fourth-order valence-corrected chi connectivity index (χ4v) is 2.39. The van der Waals surface area contributed by atoms with Crippen molar-refractivity contribution in [3.05, 3.63) is 60.2 Å². The smallest absolute Gasteiger partial charge is 0.133 e. The molecule has 0 fully saturated rings. The molecule has 7 heteroatoms. The van der Waals surface area contributed by atoms with Crippen molar-refractivity contribution in [2.24, 2.45) is 0 Å². The van der Waals surface area contributed by atoms with Crippen molar-refractivity contribution in [2.75, 3.05) is 0 Å². The maximum atomic E-state index is 5.68. The van der Waals surface area contributed by atoms with E-state index >= 15 is 0 Å². The predicted molar refractivity (Wildman–Crippen MR) is 87.9 cm³/mol. The number of imidazole rings is 2. The Hall–Kier alpha value is -1.84. The molecule has 0 spiro atoms. The summed E-state index contributed by atoms with van der Waals surface area (Å²) < 4.78 is 5.68. The Morgan fingerprint density at radius 3 is 1.61 bits per heavy atom. The number of benzene rings is 2. The zero-order valence-electron chi connectivity index (χ0n) is 12.2. The molecular formula is C16H15ClCrN4O. The average molecular weight is 367 g/mol. The molecule has 23 heavy (non-hydrogen) atoms. The van der Waals surface area contributed by atoms with Gasteiger partial charge in [0.05, 0.1) is 22.1 Å². The van der Waals surface area contributed by atoms with E-state index in [0.717, 1.165) is 33.7 Å². The first-order valence-electron chi connectivity index (χ1n) is 6.83. The number of nitrogens with one attached hydrogen (secondary N) is 2. The maximum Gasteiger partial charge on any atom is 0.133 e. The van der Waals surface area contributed by atoms with Crippen LogP contribution in [0.25, 0.3) is 22.1 Å². The van der Waals surface area contributed by atoms with Gasteiger partial charge in [-0.2, -0.15) is 0 Å². The second-order valence-electron chi connectivity index (χ2n) is 4.89. The van der Waals surface area contributed by atoms with E-state index in [0.29, 0.717) is 13.2 Å². The van der Waals surface area contributed by atoms with E-state index in [1.165, 1.54) is 0 Å². The van der Waals surface area contributed by atoms with Gasteiger partial charge in [0.1, 0.15) is 24.9 Å². The van der Waals surface area contributed by atoms with Gasteiger partial charge in [-0.25, -0.2) is 9.97 Å². The molecule has 2 aromatic heterocycles. The first-order chi connectivity index (χ1) is 10.4. The van der Waals surface area contributed by atoms with Crippen molar-refractivity contribution in [1.29, 1.82) is 0 Å². The van der Waals surface area contributed by atoms with Gasteiger partial charge in [-0.1, -0.05) is 24.3 Å². The van der Waals surface area contributed by atoms with Crippen molar-refractivity contribution in [2.45, 2.75) is 13.2 Å². The van der Waals surface area contributed by atoms with Crippen molar-refractivity contribution in [1.82, 2.24) is 19.9 Å². The van der Waals surface area contributed by atoms with Gasteiger partial charge in [-0.05, 0) is 24.3 Å². The van der Waals surface area contributed by atoms with Crippen LogP contribution in [0.2, 0.25) is 0 Å². The van der Waals surface area contributed by atoms with E-state index in [-0.39, 0.29) is 29.8 Å². The summed E-state index contributed by atoms with van der Waals surface area (Å²) in [4.78, 5) is 15.4. The molecule has 5 nitrogen and oxygen atoms in total. The van der Waals surface area contributed by atoms with Crippen LogP contribution < -0.4 is 0 Å². The zero-order valence-corrected chi connectivity index (χ0v) is 14.2. The number of para-hydroxylation sites is 4. The molecule has 4 rings (SSSR count). The van der Waals surface area contributed by atoms with Crippen LogP contribution >= 0.6 is 12.4 Å². The van der Waals surface area contributed by atoms with Crippen LogP contribution in [-0.2, 0) is 35.3 Å². The van der Waals surface area contributed by atoms with Crippen LogP contribution in [-0.4, -0.2) is 19.9 Å².